The Morgan fingerprint density at radius 3 is 3.00 bits per heavy atom. The third-order valence-corrected chi connectivity index (χ3v) is 3.54. The average molecular weight is 289 g/mol. The SMILES string of the molecule is OCCn1nnnc1SCc1ccc(F)cc1Cl. The van der Waals surface area contributed by atoms with Crippen molar-refractivity contribution in [2.75, 3.05) is 6.61 Å². The van der Waals surface area contributed by atoms with Crippen LogP contribution in [0.5, 0.6) is 0 Å². The summed E-state index contributed by atoms with van der Waals surface area (Å²) < 4.78 is 14.4. The molecule has 1 heterocycles. The first-order chi connectivity index (χ1) is 8.70. The summed E-state index contributed by atoms with van der Waals surface area (Å²) in [6.45, 7) is 0.308. The van der Waals surface area contributed by atoms with Crippen molar-refractivity contribution in [2.45, 2.75) is 17.5 Å². The van der Waals surface area contributed by atoms with E-state index in [4.69, 9.17) is 16.7 Å². The van der Waals surface area contributed by atoms with Gasteiger partial charge in [0.25, 0.3) is 0 Å². The van der Waals surface area contributed by atoms with Crippen LogP contribution in [0.3, 0.4) is 0 Å². The Morgan fingerprint density at radius 1 is 1.44 bits per heavy atom. The van der Waals surface area contributed by atoms with E-state index in [2.05, 4.69) is 15.5 Å². The number of aromatic nitrogens is 4. The second-order valence-electron chi connectivity index (χ2n) is 3.43. The van der Waals surface area contributed by atoms with Gasteiger partial charge in [0.1, 0.15) is 5.82 Å². The highest BCUT2D eigenvalue weighted by Crippen LogP contribution is 2.25. The Labute approximate surface area is 112 Å². The van der Waals surface area contributed by atoms with E-state index in [-0.39, 0.29) is 12.4 Å². The molecule has 18 heavy (non-hydrogen) atoms. The molecule has 5 nitrogen and oxygen atoms in total. The predicted octanol–water partition coefficient (Wildman–Crippen LogP) is 1.75. The molecule has 0 unspecified atom stereocenters. The van der Waals surface area contributed by atoms with Crippen molar-refractivity contribution in [1.29, 1.82) is 0 Å². The molecule has 0 spiro atoms. The van der Waals surface area contributed by atoms with Crippen molar-refractivity contribution >= 4 is 23.4 Å². The number of halogens is 2. The molecule has 0 aliphatic heterocycles. The normalized spacial score (nSPS) is 10.8. The zero-order valence-electron chi connectivity index (χ0n) is 9.25. The number of hydrogen-bond acceptors (Lipinski definition) is 5. The second kappa shape index (κ2) is 6.12. The number of thioether (sulfide) groups is 1. The highest BCUT2D eigenvalue weighted by molar-refractivity contribution is 7.98. The maximum Gasteiger partial charge on any atom is 0.209 e. The minimum atomic E-state index is -0.362. The van der Waals surface area contributed by atoms with Gasteiger partial charge in [0.05, 0.1) is 13.2 Å². The lowest BCUT2D eigenvalue weighted by atomic mass is 10.2. The first-order valence-corrected chi connectivity index (χ1v) is 6.51. The maximum atomic E-state index is 12.9. The quantitative estimate of drug-likeness (QED) is 0.849. The summed E-state index contributed by atoms with van der Waals surface area (Å²) >= 11 is 7.29. The Bertz CT molecular complexity index is 536. The molecule has 2 aromatic rings. The molecule has 0 aliphatic rings. The van der Waals surface area contributed by atoms with Crippen LogP contribution in [0.2, 0.25) is 5.02 Å². The number of tetrazole rings is 1. The molecule has 0 amide bonds. The van der Waals surface area contributed by atoms with Crippen molar-refractivity contribution in [3.63, 3.8) is 0 Å². The molecule has 0 fully saturated rings. The van der Waals surface area contributed by atoms with Crippen LogP contribution in [0, 0.1) is 5.82 Å². The fourth-order valence-electron chi connectivity index (χ4n) is 1.32. The standard InChI is InChI=1S/C10H10ClFN4OS/c11-9-5-8(12)2-1-7(9)6-18-10-13-14-15-16(10)3-4-17/h1-2,5,17H,3-4,6H2. The van der Waals surface area contributed by atoms with Gasteiger partial charge in [0.2, 0.25) is 5.16 Å². The zero-order chi connectivity index (χ0) is 13.0. The van der Waals surface area contributed by atoms with Crippen molar-refractivity contribution < 1.29 is 9.50 Å². The molecule has 1 N–H and O–H groups in total. The van der Waals surface area contributed by atoms with E-state index in [0.717, 1.165) is 5.56 Å². The van der Waals surface area contributed by atoms with Crippen LogP contribution < -0.4 is 0 Å². The molecule has 8 heteroatoms. The smallest absolute Gasteiger partial charge is 0.209 e. The van der Waals surface area contributed by atoms with Crippen LogP contribution in [-0.4, -0.2) is 31.9 Å². The van der Waals surface area contributed by atoms with E-state index in [0.29, 0.717) is 22.5 Å². The van der Waals surface area contributed by atoms with Crippen LogP contribution in [0.15, 0.2) is 23.4 Å². The Balaban J connectivity index is 2.04. The topological polar surface area (TPSA) is 63.8 Å². The predicted molar refractivity (Wildman–Crippen MR) is 65.9 cm³/mol. The molecule has 0 saturated heterocycles. The van der Waals surface area contributed by atoms with Gasteiger partial charge in [-0.05, 0) is 28.1 Å². The monoisotopic (exact) mass is 288 g/mol. The van der Waals surface area contributed by atoms with Crippen LogP contribution in [0.25, 0.3) is 0 Å². The van der Waals surface area contributed by atoms with Gasteiger partial charge >= 0.3 is 0 Å². The van der Waals surface area contributed by atoms with Crippen molar-refractivity contribution in [3.05, 3.63) is 34.6 Å². The van der Waals surface area contributed by atoms with Gasteiger partial charge in [-0.15, -0.1) is 5.10 Å². The molecule has 1 aromatic carbocycles. The van der Waals surface area contributed by atoms with Crippen LogP contribution in [0.1, 0.15) is 5.56 Å². The Hall–Kier alpha value is -1.18. The fourth-order valence-corrected chi connectivity index (χ4v) is 2.54. The summed E-state index contributed by atoms with van der Waals surface area (Å²) in [4.78, 5) is 0. The second-order valence-corrected chi connectivity index (χ2v) is 4.78. The van der Waals surface area contributed by atoms with Gasteiger partial charge in [0, 0.05) is 10.8 Å². The molecule has 2 rings (SSSR count). The first kappa shape index (κ1) is 13.3. The Morgan fingerprint density at radius 2 is 2.28 bits per heavy atom. The highest BCUT2D eigenvalue weighted by atomic mass is 35.5. The summed E-state index contributed by atoms with van der Waals surface area (Å²) in [5, 5.41) is 20.9. The summed E-state index contributed by atoms with van der Waals surface area (Å²) in [5.41, 5.74) is 0.807. The zero-order valence-corrected chi connectivity index (χ0v) is 10.8. The largest absolute Gasteiger partial charge is 0.394 e. The van der Waals surface area contributed by atoms with Crippen LogP contribution >= 0.6 is 23.4 Å². The number of benzene rings is 1. The molecular formula is C10H10ClFN4OS. The minimum absolute atomic E-state index is 0.0318. The maximum absolute atomic E-state index is 12.9. The fraction of sp³-hybridized carbons (Fsp3) is 0.300. The first-order valence-electron chi connectivity index (χ1n) is 5.14. The number of rotatable bonds is 5. The summed E-state index contributed by atoms with van der Waals surface area (Å²) in [6.07, 6.45) is 0. The lowest BCUT2D eigenvalue weighted by Gasteiger charge is -2.04. The summed E-state index contributed by atoms with van der Waals surface area (Å²) in [5.74, 6) is 0.170. The van der Waals surface area contributed by atoms with Gasteiger partial charge < -0.3 is 5.11 Å². The van der Waals surface area contributed by atoms with Crippen molar-refractivity contribution in [3.8, 4) is 0 Å². The number of hydrogen-bond donors (Lipinski definition) is 1. The molecule has 0 atom stereocenters. The van der Waals surface area contributed by atoms with E-state index in [9.17, 15) is 4.39 Å². The van der Waals surface area contributed by atoms with Crippen LogP contribution in [-0.2, 0) is 12.3 Å². The van der Waals surface area contributed by atoms with Gasteiger partial charge in [-0.2, -0.15) is 0 Å². The van der Waals surface area contributed by atoms with E-state index >= 15 is 0 Å². The Kier molecular flexibility index (Phi) is 4.51. The van der Waals surface area contributed by atoms with E-state index < -0.39 is 0 Å². The van der Waals surface area contributed by atoms with Crippen molar-refractivity contribution in [2.24, 2.45) is 0 Å². The van der Waals surface area contributed by atoms with E-state index in [1.54, 1.807) is 6.07 Å². The molecule has 1 aromatic heterocycles. The molecule has 0 bridgehead atoms. The summed E-state index contributed by atoms with van der Waals surface area (Å²) in [6, 6.07) is 4.26. The van der Waals surface area contributed by atoms with Crippen molar-refractivity contribution in [1.82, 2.24) is 20.2 Å². The molecule has 96 valence electrons. The highest BCUT2D eigenvalue weighted by Gasteiger charge is 2.08. The number of aliphatic hydroxyl groups excluding tert-OH is 1. The third kappa shape index (κ3) is 3.18. The average Bonchev–Trinajstić information content (AvgIpc) is 2.76. The lowest BCUT2D eigenvalue weighted by Crippen LogP contribution is -2.05. The van der Waals surface area contributed by atoms with E-state index in [1.165, 1.54) is 28.6 Å². The number of nitrogens with zero attached hydrogens (tertiary/aromatic N) is 4. The molecule has 0 saturated carbocycles. The lowest BCUT2D eigenvalue weighted by molar-refractivity contribution is 0.262. The molecular weight excluding hydrogens is 279 g/mol. The van der Waals surface area contributed by atoms with Crippen LogP contribution in [0.4, 0.5) is 4.39 Å². The summed E-state index contributed by atoms with van der Waals surface area (Å²) in [7, 11) is 0. The minimum Gasteiger partial charge on any atom is -0.394 e. The molecule has 0 radical (unpaired) electrons. The van der Waals surface area contributed by atoms with Gasteiger partial charge in [0.15, 0.2) is 0 Å². The van der Waals surface area contributed by atoms with E-state index in [1.807, 2.05) is 0 Å². The third-order valence-electron chi connectivity index (χ3n) is 2.18. The number of aliphatic hydroxyl groups is 1. The van der Waals surface area contributed by atoms with Gasteiger partial charge in [-0.1, -0.05) is 29.4 Å². The molecule has 0 aliphatic carbocycles. The van der Waals surface area contributed by atoms with Gasteiger partial charge in [-0.25, -0.2) is 9.07 Å². The van der Waals surface area contributed by atoms with Gasteiger partial charge in [-0.3, -0.25) is 0 Å².